The van der Waals surface area contributed by atoms with Crippen molar-refractivity contribution < 1.29 is 9.59 Å². The van der Waals surface area contributed by atoms with Crippen LogP contribution >= 0.6 is 11.3 Å². The minimum atomic E-state index is -0.209. The van der Waals surface area contributed by atoms with Gasteiger partial charge in [0.15, 0.2) is 5.13 Å². The van der Waals surface area contributed by atoms with Gasteiger partial charge in [0.2, 0.25) is 5.91 Å². The lowest BCUT2D eigenvalue weighted by Gasteiger charge is -2.29. The Bertz CT molecular complexity index is 829. The van der Waals surface area contributed by atoms with Crippen LogP contribution in [0.1, 0.15) is 43.4 Å². The fourth-order valence-corrected chi connectivity index (χ4v) is 4.58. The molecular formula is C20H24N4O2S. The first-order valence-corrected chi connectivity index (χ1v) is 10.5. The van der Waals surface area contributed by atoms with Gasteiger partial charge in [-0.25, -0.2) is 9.78 Å². The minimum absolute atomic E-state index is 0.0504. The van der Waals surface area contributed by atoms with Crippen molar-refractivity contribution in [1.29, 1.82) is 0 Å². The van der Waals surface area contributed by atoms with Gasteiger partial charge in [0.05, 0.1) is 12.1 Å². The molecule has 0 radical (unpaired) electrons. The van der Waals surface area contributed by atoms with E-state index >= 15 is 0 Å². The third-order valence-corrected chi connectivity index (χ3v) is 6.01. The molecule has 6 nitrogen and oxygen atoms in total. The molecule has 0 atom stereocenters. The first kappa shape index (κ1) is 18.0. The summed E-state index contributed by atoms with van der Waals surface area (Å²) in [6.07, 6.45) is 6.68. The van der Waals surface area contributed by atoms with Gasteiger partial charge in [-0.1, -0.05) is 31.0 Å². The third kappa shape index (κ3) is 4.30. The molecule has 1 aliphatic carbocycles. The monoisotopic (exact) mass is 384 g/mol. The van der Waals surface area contributed by atoms with Crippen molar-refractivity contribution in [2.24, 2.45) is 0 Å². The summed E-state index contributed by atoms with van der Waals surface area (Å²) in [5, 5.41) is 8.15. The van der Waals surface area contributed by atoms with E-state index < -0.39 is 0 Å². The summed E-state index contributed by atoms with van der Waals surface area (Å²) in [4.78, 5) is 31.1. The molecule has 0 bridgehead atoms. The van der Waals surface area contributed by atoms with Gasteiger partial charge in [-0.15, -0.1) is 11.3 Å². The van der Waals surface area contributed by atoms with Crippen LogP contribution in [0.3, 0.4) is 0 Å². The molecule has 1 saturated carbocycles. The molecule has 1 aliphatic heterocycles. The van der Waals surface area contributed by atoms with Gasteiger partial charge in [0, 0.05) is 23.7 Å². The van der Waals surface area contributed by atoms with Crippen LogP contribution in [0.4, 0.5) is 15.6 Å². The number of amides is 3. The first-order valence-electron chi connectivity index (χ1n) is 9.59. The fourth-order valence-electron chi connectivity index (χ4n) is 3.88. The van der Waals surface area contributed by atoms with E-state index in [9.17, 15) is 9.59 Å². The van der Waals surface area contributed by atoms with E-state index in [1.807, 2.05) is 28.5 Å². The summed E-state index contributed by atoms with van der Waals surface area (Å²) in [7, 11) is 0. The van der Waals surface area contributed by atoms with Crippen LogP contribution < -0.4 is 15.5 Å². The second-order valence-electron chi connectivity index (χ2n) is 7.18. The number of thiazole rings is 1. The van der Waals surface area contributed by atoms with Crippen LogP contribution in [0.15, 0.2) is 29.6 Å². The molecule has 27 heavy (non-hydrogen) atoms. The second kappa shape index (κ2) is 8.08. The van der Waals surface area contributed by atoms with E-state index in [4.69, 9.17) is 0 Å². The third-order valence-electron chi connectivity index (χ3n) is 5.21. The Labute approximate surface area is 163 Å². The van der Waals surface area contributed by atoms with Crippen molar-refractivity contribution in [3.05, 3.63) is 40.9 Å². The summed E-state index contributed by atoms with van der Waals surface area (Å²) in [5.74, 6) is 0.0504. The van der Waals surface area contributed by atoms with E-state index in [1.165, 1.54) is 29.7 Å². The molecule has 7 heteroatoms. The number of carbonyl (C=O) groups excluding carboxylic acids is 2. The lowest BCUT2D eigenvalue weighted by molar-refractivity contribution is -0.118. The molecule has 2 N–H and O–H groups in total. The number of nitrogens with one attached hydrogen (secondary N) is 2. The van der Waals surface area contributed by atoms with Crippen LogP contribution in [0, 0.1) is 0 Å². The van der Waals surface area contributed by atoms with Gasteiger partial charge in [-0.2, -0.15) is 0 Å². The summed E-state index contributed by atoms with van der Waals surface area (Å²) in [6.45, 7) is 0.745. The van der Waals surface area contributed by atoms with Gasteiger partial charge in [0.25, 0.3) is 0 Å². The standard InChI is InChI=1S/C20H24N4O2S/c25-18(24-11-5-7-14-6-1-4-10-17(14)24)12-16-13-27-20(22-16)23-19(26)21-15-8-2-3-9-15/h1,4,6,10,13,15H,2-3,5,7-9,11-12H2,(H2,21,22,23,26). The topological polar surface area (TPSA) is 74.3 Å². The number of rotatable bonds is 4. The van der Waals surface area contributed by atoms with Gasteiger partial charge >= 0.3 is 6.03 Å². The van der Waals surface area contributed by atoms with Crippen molar-refractivity contribution in [1.82, 2.24) is 10.3 Å². The number of fused-ring (bicyclic) bond motifs is 1. The summed E-state index contributed by atoms with van der Waals surface area (Å²) in [6, 6.07) is 8.14. The van der Waals surface area contributed by atoms with E-state index in [0.717, 1.165) is 37.9 Å². The number of anilines is 2. The van der Waals surface area contributed by atoms with Crippen LogP contribution in [0.2, 0.25) is 0 Å². The molecule has 2 aliphatic rings. The van der Waals surface area contributed by atoms with E-state index in [0.29, 0.717) is 10.8 Å². The number of hydrogen-bond acceptors (Lipinski definition) is 4. The zero-order valence-corrected chi connectivity index (χ0v) is 16.1. The molecule has 4 rings (SSSR count). The van der Waals surface area contributed by atoms with Crippen molar-refractivity contribution in [3.63, 3.8) is 0 Å². The molecule has 0 unspecified atom stereocenters. The number of carbonyl (C=O) groups is 2. The molecule has 142 valence electrons. The molecule has 0 saturated heterocycles. The largest absolute Gasteiger partial charge is 0.335 e. The summed E-state index contributed by atoms with van der Waals surface area (Å²) >= 11 is 1.36. The average molecular weight is 385 g/mol. The minimum Gasteiger partial charge on any atom is -0.335 e. The Kier molecular flexibility index (Phi) is 5.38. The Morgan fingerprint density at radius 2 is 2.00 bits per heavy atom. The Morgan fingerprint density at radius 3 is 2.85 bits per heavy atom. The normalized spacial score (nSPS) is 16.8. The predicted octanol–water partition coefficient (Wildman–Crippen LogP) is 3.73. The van der Waals surface area contributed by atoms with Gasteiger partial charge < -0.3 is 10.2 Å². The van der Waals surface area contributed by atoms with Crippen molar-refractivity contribution >= 4 is 34.1 Å². The van der Waals surface area contributed by atoms with Gasteiger partial charge in [-0.3, -0.25) is 10.1 Å². The predicted molar refractivity (Wildman–Crippen MR) is 107 cm³/mol. The lowest BCUT2D eigenvalue weighted by atomic mass is 10.0. The maximum atomic E-state index is 12.8. The zero-order valence-electron chi connectivity index (χ0n) is 15.2. The Balaban J connectivity index is 1.35. The maximum absolute atomic E-state index is 12.8. The van der Waals surface area contributed by atoms with E-state index in [2.05, 4.69) is 21.7 Å². The first-order chi connectivity index (χ1) is 13.2. The molecule has 1 fully saturated rings. The molecule has 0 spiro atoms. The van der Waals surface area contributed by atoms with Crippen LogP contribution in [-0.4, -0.2) is 29.5 Å². The fraction of sp³-hybridized carbons (Fsp3) is 0.450. The number of hydrogen-bond donors (Lipinski definition) is 2. The van der Waals surface area contributed by atoms with Crippen LogP contribution in [0.25, 0.3) is 0 Å². The highest BCUT2D eigenvalue weighted by atomic mass is 32.1. The summed E-state index contributed by atoms with van der Waals surface area (Å²) in [5.41, 5.74) is 2.93. The highest BCUT2D eigenvalue weighted by Gasteiger charge is 2.23. The van der Waals surface area contributed by atoms with E-state index in [1.54, 1.807) is 0 Å². The Hall–Kier alpha value is -2.41. The molecule has 3 amide bonds. The average Bonchev–Trinajstić information content (AvgIpc) is 3.33. The molecular weight excluding hydrogens is 360 g/mol. The summed E-state index contributed by atoms with van der Waals surface area (Å²) < 4.78 is 0. The maximum Gasteiger partial charge on any atom is 0.321 e. The molecule has 2 heterocycles. The number of para-hydroxylation sites is 1. The molecule has 2 aromatic rings. The van der Waals surface area contributed by atoms with Crippen LogP contribution in [0.5, 0.6) is 0 Å². The van der Waals surface area contributed by atoms with Gasteiger partial charge in [-0.05, 0) is 37.3 Å². The zero-order chi connectivity index (χ0) is 18.6. The molecule has 1 aromatic carbocycles. The van der Waals surface area contributed by atoms with Crippen LogP contribution in [-0.2, 0) is 17.6 Å². The highest BCUT2D eigenvalue weighted by molar-refractivity contribution is 7.13. The van der Waals surface area contributed by atoms with E-state index in [-0.39, 0.29) is 24.4 Å². The SMILES string of the molecule is O=C(Nc1nc(CC(=O)N2CCCc3ccccc32)cs1)NC1CCCC1. The Morgan fingerprint density at radius 1 is 1.19 bits per heavy atom. The number of aromatic nitrogens is 1. The van der Waals surface area contributed by atoms with Crippen molar-refractivity contribution in [2.45, 2.75) is 51.0 Å². The lowest BCUT2D eigenvalue weighted by Crippen LogP contribution is -2.36. The number of nitrogens with zero attached hydrogens (tertiary/aromatic N) is 2. The highest BCUT2D eigenvalue weighted by Crippen LogP contribution is 2.27. The second-order valence-corrected chi connectivity index (χ2v) is 8.04. The smallest absolute Gasteiger partial charge is 0.321 e. The van der Waals surface area contributed by atoms with Gasteiger partial charge in [0.1, 0.15) is 0 Å². The molecule has 1 aromatic heterocycles. The number of urea groups is 1. The quantitative estimate of drug-likeness (QED) is 0.843. The number of aryl methyl sites for hydroxylation is 1. The number of benzene rings is 1. The van der Waals surface area contributed by atoms with Crippen molar-refractivity contribution in [3.8, 4) is 0 Å². The van der Waals surface area contributed by atoms with Crippen molar-refractivity contribution in [2.75, 3.05) is 16.8 Å².